The van der Waals surface area contributed by atoms with Gasteiger partial charge < -0.3 is 10.7 Å². The molecular weight excluding hydrogens is 292 g/mol. The summed E-state index contributed by atoms with van der Waals surface area (Å²) in [6, 6.07) is 3.74. The highest BCUT2D eigenvalue weighted by Gasteiger charge is 2.17. The molecule has 0 aliphatic carbocycles. The average molecular weight is 302 g/mol. The minimum atomic E-state index is -0.883. The van der Waals surface area contributed by atoms with Gasteiger partial charge in [0.1, 0.15) is 10.4 Å². The van der Waals surface area contributed by atoms with Crippen molar-refractivity contribution in [2.75, 3.05) is 6.54 Å². The molecule has 0 saturated heterocycles. The monoisotopic (exact) mass is 301 g/mol. The predicted octanol–water partition coefficient (Wildman–Crippen LogP) is 2.54. The van der Waals surface area contributed by atoms with Crippen molar-refractivity contribution < 1.29 is 8.78 Å². The van der Waals surface area contributed by atoms with Gasteiger partial charge in [0.25, 0.3) is 0 Å². The van der Waals surface area contributed by atoms with Crippen molar-refractivity contribution in [3.05, 3.63) is 52.0 Å². The lowest BCUT2D eigenvalue weighted by molar-refractivity contribution is 0.506. The first kappa shape index (κ1) is 12.2. The first-order valence-corrected chi connectivity index (χ1v) is 5.76. The van der Waals surface area contributed by atoms with E-state index in [1.165, 1.54) is 6.07 Å². The van der Waals surface area contributed by atoms with E-state index in [4.69, 9.17) is 5.73 Å². The summed E-state index contributed by atoms with van der Waals surface area (Å²) >= 11 is 3.24. The number of imidazole rings is 1. The van der Waals surface area contributed by atoms with Gasteiger partial charge in [-0.3, -0.25) is 0 Å². The van der Waals surface area contributed by atoms with Crippen LogP contribution in [0.3, 0.4) is 0 Å². The number of benzene rings is 1. The molecule has 3 nitrogen and oxygen atoms in total. The molecule has 3 N–H and O–H groups in total. The van der Waals surface area contributed by atoms with Crippen LogP contribution in [0.5, 0.6) is 0 Å². The van der Waals surface area contributed by atoms with Crippen molar-refractivity contribution in [3.8, 4) is 0 Å². The van der Waals surface area contributed by atoms with Crippen LogP contribution in [0.25, 0.3) is 0 Å². The van der Waals surface area contributed by atoms with E-state index in [1.807, 2.05) is 0 Å². The summed E-state index contributed by atoms with van der Waals surface area (Å²) in [6.45, 7) is 0.255. The quantitative estimate of drug-likeness (QED) is 0.915. The molecule has 17 heavy (non-hydrogen) atoms. The zero-order valence-corrected chi connectivity index (χ0v) is 10.3. The third kappa shape index (κ3) is 2.53. The number of halogens is 3. The maximum atomic E-state index is 13.1. The Bertz CT molecular complexity index is 527. The van der Waals surface area contributed by atoms with Crippen LogP contribution >= 0.6 is 15.9 Å². The lowest BCUT2D eigenvalue weighted by Crippen LogP contribution is -2.15. The summed E-state index contributed by atoms with van der Waals surface area (Å²) in [5, 5.41) is 0. The van der Waals surface area contributed by atoms with E-state index in [9.17, 15) is 8.78 Å². The standard InChI is InChI=1S/C11H10BrF2N3/c12-10-5-16-11(17-10)7(4-15)6-1-2-8(13)9(14)3-6/h1-3,5,7H,4,15H2,(H,16,17). The fourth-order valence-electron chi connectivity index (χ4n) is 1.62. The van der Waals surface area contributed by atoms with Gasteiger partial charge in [-0.1, -0.05) is 6.07 Å². The minimum Gasteiger partial charge on any atom is -0.336 e. The Hall–Kier alpha value is -1.27. The van der Waals surface area contributed by atoms with E-state index in [-0.39, 0.29) is 12.5 Å². The highest BCUT2D eigenvalue weighted by molar-refractivity contribution is 9.10. The number of aromatic amines is 1. The highest BCUT2D eigenvalue weighted by Crippen LogP contribution is 2.23. The van der Waals surface area contributed by atoms with Gasteiger partial charge in [0.15, 0.2) is 11.6 Å². The molecule has 1 unspecified atom stereocenters. The van der Waals surface area contributed by atoms with Gasteiger partial charge in [-0.2, -0.15) is 0 Å². The summed E-state index contributed by atoms with van der Waals surface area (Å²) in [5.74, 6) is -1.42. The van der Waals surface area contributed by atoms with Gasteiger partial charge in [-0.05, 0) is 33.6 Å². The predicted molar refractivity (Wildman–Crippen MR) is 63.5 cm³/mol. The maximum Gasteiger partial charge on any atom is 0.159 e. The Balaban J connectivity index is 2.38. The van der Waals surface area contributed by atoms with Crippen LogP contribution in [0.4, 0.5) is 8.78 Å². The zero-order chi connectivity index (χ0) is 12.4. The highest BCUT2D eigenvalue weighted by atomic mass is 79.9. The fraction of sp³-hybridized carbons (Fsp3) is 0.182. The number of H-pyrrole nitrogens is 1. The van der Waals surface area contributed by atoms with E-state index in [0.29, 0.717) is 16.0 Å². The summed E-state index contributed by atoms with van der Waals surface area (Å²) in [7, 11) is 0. The number of aromatic nitrogens is 2. The summed E-state index contributed by atoms with van der Waals surface area (Å²) in [4.78, 5) is 7.09. The van der Waals surface area contributed by atoms with Crippen LogP contribution < -0.4 is 5.73 Å². The molecular formula is C11H10BrF2N3. The second kappa shape index (κ2) is 4.93. The first-order chi connectivity index (χ1) is 8.11. The van der Waals surface area contributed by atoms with Crippen LogP contribution in [-0.4, -0.2) is 16.5 Å². The normalized spacial score (nSPS) is 12.7. The van der Waals surface area contributed by atoms with Gasteiger partial charge >= 0.3 is 0 Å². The third-order valence-corrected chi connectivity index (χ3v) is 2.88. The molecule has 0 fully saturated rings. The number of hydrogen-bond donors (Lipinski definition) is 2. The van der Waals surface area contributed by atoms with Crippen molar-refractivity contribution in [2.24, 2.45) is 5.73 Å². The van der Waals surface area contributed by atoms with Crippen molar-refractivity contribution in [1.82, 2.24) is 9.97 Å². The third-order valence-electron chi connectivity index (χ3n) is 2.48. The van der Waals surface area contributed by atoms with E-state index < -0.39 is 11.6 Å². The molecule has 1 heterocycles. The lowest BCUT2D eigenvalue weighted by Gasteiger charge is -2.12. The van der Waals surface area contributed by atoms with Gasteiger partial charge in [-0.25, -0.2) is 13.8 Å². The summed E-state index contributed by atoms with van der Waals surface area (Å²) in [5.41, 5.74) is 6.23. The van der Waals surface area contributed by atoms with Crippen LogP contribution in [0.1, 0.15) is 17.3 Å². The molecule has 0 aliphatic rings. The number of nitrogens with one attached hydrogen (secondary N) is 1. The average Bonchev–Trinajstić information content (AvgIpc) is 2.71. The maximum absolute atomic E-state index is 13.1. The topological polar surface area (TPSA) is 54.7 Å². The number of rotatable bonds is 3. The second-order valence-electron chi connectivity index (χ2n) is 3.58. The first-order valence-electron chi connectivity index (χ1n) is 4.97. The van der Waals surface area contributed by atoms with Crippen molar-refractivity contribution in [1.29, 1.82) is 0 Å². The molecule has 1 aromatic carbocycles. The molecule has 1 aromatic heterocycles. The summed E-state index contributed by atoms with van der Waals surface area (Å²) < 4.78 is 26.7. The molecule has 2 aromatic rings. The van der Waals surface area contributed by atoms with E-state index in [2.05, 4.69) is 25.9 Å². The van der Waals surface area contributed by atoms with Crippen molar-refractivity contribution in [3.63, 3.8) is 0 Å². The molecule has 2 rings (SSSR count). The zero-order valence-electron chi connectivity index (χ0n) is 8.75. The van der Waals surface area contributed by atoms with E-state index in [0.717, 1.165) is 12.1 Å². The van der Waals surface area contributed by atoms with Crippen molar-refractivity contribution in [2.45, 2.75) is 5.92 Å². The van der Waals surface area contributed by atoms with Gasteiger partial charge in [0.2, 0.25) is 0 Å². The van der Waals surface area contributed by atoms with E-state index >= 15 is 0 Å². The Morgan fingerprint density at radius 2 is 2.12 bits per heavy atom. The van der Waals surface area contributed by atoms with Gasteiger partial charge in [-0.15, -0.1) is 0 Å². The number of nitrogens with zero attached hydrogens (tertiary/aromatic N) is 1. The van der Waals surface area contributed by atoms with Crippen LogP contribution in [-0.2, 0) is 0 Å². The van der Waals surface area contributed by atoms with E-state index in [1.54, 1.807) is 6.20 Å². The molecule has 0 saturated carbocycles. The fourth-order valence-corrected chi connectivity index (χ4v) is 1.93. The number of hydrogen-bond acceptors (Lipinski definition) is 2. The Morgan fingerprint density at radius 3 is 2.65 bits per heavy atom. The largest absolute Gasteiger partial charge is 0.336 e. The lowest BCUT2D eigenvalue weighted by atomic mass is 9.98. The molecule has 0 spiro atoms. The molecule has 0 radical (unpaired) electrons. The Morgan fingerprint density at radius 1 is 1.35 bits per heavy atom. The molecule has 0 bridgehead atoms. The number of nitrogens with two attached hydrogens (primary N) is 1. The minimum absolute atomic E-state index is 0.255. The summed E-state index contributed by atoms with van der Waals surface area (Å²) in [6.07, 6.45) is 1.60. The van der Waals surface area contributed by atoms with Crippen LogP contribution in [0.15, 0.2) is 29.0 Å². The molecule has 1 atom stereocenters. The molecule has 6 heteroatoms. The molecule has 0 amide bonds. The smallest absolute Gasteiger partial charge is 0.159 e. The second-order valence-corrected chi connectivity index (χ2v) is 4.43. The van der Waals surface area contributed by atoms with Crippen LogP contribution in [0, 0.1) is 11.6 Å². The molecule has 0 aliphatic heterocycles. The molecule has 90 valence electrons. The van der Waals surface area contributed by atoms with Crippen molar-refractivity contribution >= 4 is 15.9 Å². The van der Waals surface area contributed by atoms with Gasteiger partial charge in [0, 0.05) is 6.54 Å². The Kier molecular flexibility index (Phi) is 3.54. The Labute approximate surface area is 105 Å². The SMILES string of the molecule is NCC(c1ccc(F)c(F)c1)c1ncc(Br)[nH]1. The van der Waals surface area contributed by atoms with Crippen LogP contribution in [0.2, 0.25) is 0 Å². The van der Waals surface area contributed by atoms with Gasteiger partial charge in [0.05, 0.1) is 12.1 Å².